The normalized spacial score (nSPS) is 15.6. The molecule has 1 aromatic carbocycles. The number of benzene rings is 1. The minimum atomic E-state index is -1.19. The van der Waals surface area contributed by atoms with E-state index >= 15 is 0 Å². The summed E-state index contributed by atoms with van der Waals surface area (Å²) in [6.07, 6.45) is 8.32. The molecule has 1 unspecified atom stereocenters. The molecule has 10 nitrogen and oxygen atoms in total. The quantitative estimate of drug-likeness (QED) is 0.213. The van der Waals surface area contributed by atoms with Crippen LogP contribution in [0.25, 0.3) is 10.9 Å². The van der Waals surface area contributed by atoms with Gasteiger partial charge in [0.1, 0.15) is 0 Å². The molecule has 0 saturated carbocycles. The molecule has 0 aliphatic carbocycles. The molecular weight excluding hydrogens is 446 g/mol. The number of para-hydroxylation sites is 1. The highest BCUT2D eigenvalue weighted by molar-refractivity contribution is 5.99. The van der Waals surface area contributed by atoms with E-state index in [1.807, 2.05) is 37.4 Å². The number of hydrazone groups is 1. The second-order valence-electron chi connectivity index (χ2n) is 9.18. The van der Waals surface area contributed by atoms with Gasteiger partial charge in [0.05, 0.1) is 18.9 Å². The minimum Gasteiger partial charge on any atom is -0.463 e. The molecule has 0 bridgehead atoms. The van der Waals surface area contributed by atoms with Gasteiger partial charge in [0.2, 0.25) is 5.95 Å². The van der Waals surface area contributed by atoms with Crippen LogP contribution in [0.5, 0.6) is 6.01 Å². The molecule has 1 aliphatic rings. The SMILES string of the molecule is CCC(CCOc1nc(N/N=C/c2c[nH]c3ccccc23)nc(N2CCCCC2)n1)OC(C)(C)O. The third kappa shape index (κ3) is 7.12. The Morgan fingerprint density at radius 1 is 1.20 bits per heavy atom. The highest BCUT2D eigenvalue weighted by atomic mass is 16.6. The van der Waals surface area contributed by atoms with Gasteiger partial charge in [-0.1, -0.05) is 25.1 Å². The molecule has 2 aromatic heterocycles. The van der Waals surface area contributed by atoms with Gasteiger partial charge in [-0.3, -0.25) is 0 Å². The number of aromatic nitrogens is 4. The molecular formula is C25H35N7O3. The molecule has 35 heavy (non-hydrogen) atoms. The van der Waals surface area contributed by atoms with Crippen molar-refractivity contribution < 1.29 is 14.6 Å². The molecule has 4 rings (SSSR count). The summed E-state index contributed by atoms with van der Waals surface area (Å²) in [5.74, 6) is -0.277. The molecule has 3 aromatic rings. The largest absolute Gasteiger partial charge is 0.463 e. The van der Waals surface area contributed by atoms with Crippen molar-refractivity contribution in [1.82, 2.24) is 19.9 Å². The zero-order valence-electron chi connectivity index (χ0n) is 20.7. The van der Waals surface area contributed by atoms with Crippen molar-refractivity contribution in [2.45, 2.75) is 64.8 Å². The third-order valence-electron chi connectivity index (χ3n) is 5.81. The van der Waals surface area contributed by atoms with Crippen molar-refractivity contribution in [1.29, 1.82) is 0 Å². The summed E-state index contributed by atoms with van der Waals surface area (Å²) in [7, 11) is 0. The van der Waals surface area contributed by atoms with Crippen molar-refractivity contribution in [3.63, 3.8) is 0 Å². The van der Waals surface area contributed by atoms with E-state index in [-0.39, 0.29) is 12.1 Å². The smallest absolute Gasteiger partial charge is 0.323 e. The van der Waals surface area contributed by atoms with E-state index in [4.69, 9.17) is 9.47 Å². The number of aromatic amines is 1. The molecule has 3 heterocycles. The minimum absolute atomic E-state index is 0.128. The average molecular weight is 482 g/mol. The number of rotatable bonds is 11. The maximum absolute atomic E-state index is 9.94. The molecule has 188 valence electrons. The van der Waals surface area contributed by atoms with Crippen LogP contribution in [-0.4, -0.2) is 62.8 Å². The monoisotopic (exact) mass is 481 g/mol. The van der Waals surface area contributed by atoms with Crippen molar-refractivity contribution in [3.05, 3.63) is 36.0 Å². The first-order valence-electron chi connectivity index (χ1n) is 12.3. The first kappa shape index (κ1) is 24.9. The van der Waals surface area contributed by atoms with E-state index in [2.05, 4.69) is 35.4 Å². The predicted octanol–water partition coefficient (Wildman–Crippen LogP) is 4.08. The topological polar surface area (TPSA) is 121 Å². The van der Waals surface area contributed by atoms with Crippen molar-refractivity contribution >= 4 is 29.0 Å². The highest BCUT2D eigenvalue weighted by Gasteiger charge is 2.20. The fourth-order valence-electron chi connectivity index (χ4n) is 4.09. The maximum Gasteiger partial charge on any atom is 0.323 e. The van der Waals surface area contributed by atoms with Gasteiger partial charge in [-0.2, -0.15) is 20.1 Å². The first-order valence-corrected chi connectivity index (χ1v) is 12.3. The lowest BCUT2D eigenvalue weighted by molar-refractivity contribution is -0.208. The first-order chi connectivity index (χ1) is 16.9. The lowest BCUT2D eigenvalue weighted by atomic mass is 10.1. The molecule has 3 N–H and O–H groups in total. The Bertz CT molecular complexity index is 1120. The fourth-order valence-corrected chi connectivity index (χ4v) is 4.09. The van der Waals surface area contributed by atoms with Crippen molar-refractivity contribution in [3.8, 4) is 6.01 Å². The summed E-state index contributed by atoms with van der Waals surface area (Å²) >= 11 is 0. The summed E-state index contributed by atoms with van der Waals surface area (Å²) in [6, 6.07) is 8.30. The zero-order chi connectivity index (χ0) is 24.7. The number of aliphatic hydroxyl groups is 1. The van der Waals surface area contributed by atoms with Crippen molar-refractivity contribution in [2.75, 3.05) is 30.0 Å². The Kier molecular flexibility index (Phi) is 8.14. The third-order valence-corrected chi connectivity index (χ3v) is 5.81. The number of nitrogens with one attached hydrogen (secondary N) is 2. The number of H-pyrrole nitrogens is 1. The molecule has 0 spiro atoms. The molecule has 1 saturated heterocycles. The summed E-state index contributed by atoms with van der Waals surface area (Å²) in [6.45, 7) is 7.43. The molecule has 0 amide bonds. The Balaban J connectivity index is 1.46. The Morgan fingerprint density at radius 3 is 2.77 bits per heavy atom. The van der Waals surface area contributed by atoms with Crippen LogP contribution in [0.15, 0.2) is 35.6 Å². The highest BCUT2D eigenvalue weighted by Crippen LogP contribution is 2.21. The number of fused-ring (bicyclic) bond motifs is 1. The van der Waals surface area contributed by atoms with E-state index in [0.29, 0.717) is 24.9 Å². The number of anilines is 2. The number of nitrogens with zero attached hydrogens (tertiary/aromatic N) is 5. The van der Waals surface area contributed by atoms with E-state index < -0.39 is 5.79 Å². The summed E-state index contributed by atoms with van der Waals surface area (Å²) < 4.78 is 11.6. The lowest BCUT2D eigenvalue weighted by Gasteiger charge is -2.27. The summed E-state index contributed by atoms with van der Waals surface area (Å²) in [5.41, 5.74) is 4.95. The van der Waals surface area contributed by atoms with Crippen LogP contribution in [0, 0.1) is 0 Å². The van der Waals surface area contributed by atoms with Gasteiger partial charge < -0.3 is 24.5 Å². The lowest BCUT2D eigenvalue weighted by Crippen LogP contribution is -2.31. The van der Waals surface area contributed by atoms with E-state index in [0.717, 1.165) is 48.8 Å². The zero-order valence-corrected chi connectivity index (χ0v) is 20.7. The van der Waals surface area contributed by atoms with E-state index in [1.165, 1.54) is 6.42 Å². The standard InChI is InChI=1S/C25H35N7O3/c1-4-19(35-25(2,3)33)12-15-34-24-29-22(28-23(30-24)32-13-8-5-9-14-32)31-27-17-18-16-26-21-11-7-6-10-20(18)21/h6-7,10-11,16-17,19,26,33H,4-5,8-9,12-15H2,1-3H3,(H,28,29,30,31)/b27-17+. The molecule has 0 radical (unpaired) electrons. The number of ether oxygens (including phenoxy) is 2. The molecule has 1 atom stereocenters. The maximum atomic E-state index is 9.94. The van der Waals surface area contributed by atoms with Crippen molar-refractivity contribution in [2.24, 2.45) is 5.10 Å². The number of hydrogen-bond donors (Lipinski definition) is 3. The van der Waals surface area contributed by atoms with Gasteiger partial charge in [-0.25, -0.2) is 5.43 Å². The molecule has 10 heteroatoms. The van der Waals surface area contributed by atoms with Gasteiger partial charge in [0.25, 0.3) is 5.95 Å². The number of piperidine rings is 1. The number of hydrogen-bond acceptors (Lipinski definition) is 9. The van der Waals surface area contributed by atoms with Crippen LogP contribution in [0.2, 0.25) is 0 Å². The molecule has 1 fully saturated rings. The van der Waals surface area contributed by atoms with E-state index in [1.54, 1.807) is 20.1 Å². The Hall–Kier alpha value is -3.24. The summed E-state index contributed by atoms with van der Waals surface area (Å²) in [5, 5.41) is 15.4. The van der Waals surface area contributed by atoms with Gasteiger partial charge in [-0.05, 0) is 45.6 Å². The van der Waals surface area contributed by atoms with Crippen LogP contribution in [0.1, 0.15) is 58.4 Å². The predicted molar refractivity (Wildman–Crippen MR) is 137 cm³/mol. The second kappa shape index (κ2) is 11.5. The Labute approximate surface area is 205 Å². The summed E-state index contributed by atoms with van der Waals surface area (Å²) in [4.78, 5) is 18.9. The van der Waals surface area contributed by atoms with Crippen LogP contribution >= 0.6 is 0 Å². The average Bonchev–Trinajstić information content (AvgIpc) is 3.26. The Morgan fingerprint density at radius 2 is 2.00 bits per heavy atom. The van der Waals surface area contributed by atoms with Crippen LogP contribution in [0.3, 0.4) is 0 Å². The second-order valence-corrected chi connectivity index (χ2v) is 9.18. The van der Waals surface area contributed by atoms with Gasteiger partial charge in [0.15, 0.2) is 5.79 Å². The van der Waals surface area contributed by atoms with Crippen LogP contribution in [0.4, 0.5) is 11.9 Å². The van der Waals surface area contributed by atoms with E-state index in [9.17, 15) is 5.11 Å². The van der Waals surface area contributed by atoms with Crippen LogP contribution < -0.4 is 15.1 Å². The fraction of sp³-hybridized carbons (Fsp3) is 0.520. The van der Waals surface area contributed by atoms with Gasteiger partial charge in [-0.15, -0.1) is 0 Å². The van der Waals surface area contributed by atoms with Gasteiger partial charge >= 0.3 is 6.01 Å². The van der Waals surface area contributed by atoms with Crippen LogP contribution in [-0.2, 0) is 4.74 Å². The molecule has 1 aliphatic heterocycles. The van der Waals surface area contributed by atoms with Gasteiger partial charge in [0, 0.05) is 42.2 Å².